The smallest absolute Gasteiger partial charge is 0.303 e. The summed E-state index contributed by atoms with van der Waals surface area (Å²) in [7, 11) is 0. The summed E-state index contributed by atoms with van der Waals surface area (Å²) in [6, 6.07) is 23.6. The molecule has 3 aromatic carbocycles. The summed E-state index contributed by atoms with van der Waals surface area (Å²) in [6.45, 7) is 7.00. The first kappa shape index (κ1) is 25.2. The molecule has 0 bridgehead atoms. The van der Waals surface area contributed by atoms with Crippen LogP contribution in [0.25, 0.3) is 10.9 Å². The number of carbonyl (C=O) groups excluding carboxylic acids is 1. The molecule has 1 N–H and O–H groups in total. The first-order chi connectivity index (χ1) is 17.3. The second-order valence-corrected chi connectivity index (χ2v) is 9.70. The van der Waals surface area contributed by atoms with Crippen molar-refractivity contribution in [2.75, 3.05) is 0 Å². The molecule has 0 aliphatic carbocycles. The minimum Gasteiger partial charge on any atom is -0.486 e. The molecule has 0 spiro atoms. The fourth-order valence-corrected chi connectivity index (χ4v) is 4.52. The van der Waals surface area contributed by atoms with Gasteiger partial charge in [0.2, 0.25) is 0 Å². The predicted molar refractivity (Wildman–Crippen MR) is 143 cm³/mol. The summed E-state index contributed by atoms with van der Waals surface area (Å²) < 4.78 is 8.11. The summed E-state index contributed by atoms with van der Waals surface area (Å²) in [6.07, 6.45) is 3.39. The van der Waals surface area contributed by atoms with Crippen molar-refractivity contribution in [2.24, 2.45) is 5.92 Å². The van der Waals surface area contributed by atoms with Gasteiger partial charge in [-0.15, -0.1) is 0 Å². The average molecular weight is 484 g/mol. The van der Waals surface area contributed by atoms with E-state index in [-0.39, 0.29) is 18.3 Å². The molecule has 5 heteroatoms. The number of benzene rings is 3. The molecule has 1 atom stereocenters. The Labute approximate surface area is 212 Å². The van der Waals surface area contributed by atoms with Crippen LogP contribution in [-0.4, -0.2) is 21.4 Å². The summed E-state index contributed by atoms with van der Waals surface area (Å²) in [4.78, 5) is 24.3. The molecule has 36 heavy (non-hydrogen) atoms. The van der Waals surface area contributed by atoms with Gasteiger partial charge in [0.25, 0.3) is 0 Å². The van der Waals surface area contributed by atoms with Crippen molar-refractivity contribution in [1.29, 1.82) is 0 Å². The Morgan fingerprint density at radius 1 is 0.917 bits per heavy atom. The molecule has 0 saturated heterocycles. The zero-order chi connectivity index (χ0) is 25.7. The highest BCUT2D eigenvalue weighted by molar-refractivity contribution is 6.16. The van der Waals surface area contributed by atoms with Crippen LogP contribution < -0.4 is 4.74 Å². The number of rotatable bonds is 11. The molecule has 0 unspecified atom stereocenters. The number of carbonyl (C=O) groups is 2. The quantitative estimate of drug-likeness (QED) is 0.232. The van der Waals surface area contributed by atoms with Gasteiger partial charge in [0, 0.05) is 41.2 Å². The van der Waals surface area contributed by atoms with Crippen LogP contribution in [0.15, 0.2) is 79.0 Å². The van der Waals surface area contributed by atoms with Crippen LogP contribution >= 0.6 is 0 Å². The predicted octanol–water partition coefficient (Wildman–Crippen LogP) is 7.08. The second kappa shape index (κ2) is 11.3. The number of hydrogen-bond acceptors (Lipinski definition) is 3. The zero-order valence-corrected chi connectivity index (χ0v) is 21.1. The van der Waals surface area contributed by atoms with E-state index in [1.54, 1.807) is 12.1 Å². The van der Waals surface area contributed by atoms with Crippen molar-refractivity contribution in [2.45, 2.75) is 52.7 Å². The molecule has 5 nitrogen and oxygen atoms in total. The van der Waals surface area contributed by atoms with Gasteiger partial charge in [0.1, 0.15) is 11.9 Å². The Bertz CT molecular complexity index is 1330. The maximum Gasteiger partial charge on any atom is 0.303 e. The van der Waals surface area contributed by atoms with Crippen molar-refractivity contribution >= 4 is 22.7 Å². The van der Waals surface area contributed by atoms with E-state index in [9.17, 15) is 9.59 Å². The molecule has 0 aliphatic heterocycles. The third kappa shape index (κ3) is 6.03. The SMILES string of the molecule is CC(C)Cc1ccc([C@H](C)Oc2ccc(C(=O)c3cn(CCCC(=O)O)c4ccccc34)cc2)cc1. The lowest BCUT2D eigenvalue weighted by Crippen LogP contribution is -2.05. The number of hydrogen-bond donors (Lipinski definition) is 1. The van der Waals surface area contributed by atoms with Gasteiger partial charge in [-0.2, -0.15) is 0 Å². The molecular weight excluding hydrogens is 450 g/mol. The Hall–Kier alpha value is -3.86. The average Bonchev–Trinajstić information content (AvgIpc) is 3.22. The number of aromatic nitrogens is 1. The Kier molecular flexibility index (Phi) is 7.89. The van der Waals surface area contributed by atoms with E-state index in [4.69, 9.17) is 9.84 Å². The molecule has 0 amide bonds. The van der Waals surface area contributed by atoms with Gasteiger partial charge < -0.3 is 14.4 Å². The van der Waals surface area contributed by atoms with Crippen LogP contribution in [-0.2, 0) is 17.8 Å². The highest BCUT2D eigenvalue weighted by Gasteiger charge is 2.17. The van der Waals surface area contributed by atoms with E-state index in [2.05, 4.69) is 38.1 Å². The number of carboxylic acid groups (broad SMARTS) is 1. The molecule has 4 rings (SSSR count). The topological polar surface area (TPSA) is 68.5 Å². The number of ketones is 1. The lowest BCUT2D eigenvalue weighted by Gasteiger charge is -2.16. The third-order valence-corrected chi connectivity index (χ3v) is 6.35. The van der Waals surface area contributed by atoms with Crippen molar-refractivity contribution < 1.29 is 19.4 Å². The van der Waals surface area contributed by atoms with E-state index >= 15 is 0 Å². The van der Waals surface area contributed by atoms with E-state index in [1.807, 2.05) is 54.1 Å². The van der Waals surface area contributed by atoms with Gasteiger partial charge in [0.05, 0.1) is 0 Å². The second-order valence-electron chi connectivity index (χ2n) is 9.70. The largest absolute Gasteiger partial charge is 0.486 e. The minimum absolute atomic E-state index is 0.0662. The number of aryl methyl sites for hydroxylation is 1. The summed E-state index contributed by atoms with van der Waals surface area (Å²) in [5.74, 6) is 0.451. The minimum atomic E-state index is -0.817. The molecule has 0 aliphatic rings. The summed E-state index contributed by atoms with van der Waals surface area (Å²) in [5.41, 5.74) is 4.57. The van der Waals surface area contributed by atoms with Gasteiger partial charge >= 0.3 is 5.97 Å². The van der Waals surface area contributed by atoms with Crippen LogP contribution in [0.1, 0.15) is 66.8 Å². The summed E-state index contributed by atoms with van der Waals surface area (Å²) in [5, 5.41) is 9.82. The molecular formula is C31H33NO4. The first-order valence-electron chi connectivity index (χ1n) is 12.5. The molecule has 0 saturated carbocycles. The number of fused-ring (bicyclic) bond motifs is 1. The monoisotopic (exact) mass is 483 g/mol. The Balaban J connectivity index is 1.47. The third-order valence-electron chi connectivity index (χ3n) is 6.35. The lowest BCUT2D eigenvalue weighted by atomic mass is 10.0. The maximum absolute atomic E-state index is 13.4. The molecule has 0 radical (unpaired) electrons. The number of para-hydroxylation sites is 1. The van der Waals surface area contributed by atoms with Gasteiger partial charge in [-0.3, -0.25) is 9.59 Å². The van der Waals surface area contributed by atoms with Gasteiger partial charge in [0.15, 0.2) is 5.78 Å². The van der Waals surface area contributed by atoms with E-state index < -0.39 is 5.97 Å². The van der Waals surface area contributed by atoms with Crippen molar-refractivity contribution in [1.82, 2.24) is 4.57 Å². The number of nitrogens with zero attached hydrogens (tertiary/aromatic N) is 1. The van der Waals surface area contributed by atoms with Crippen LogP contribution in [0.5, 0.6) is 5.75 Å². The molecule has 186 valence electrons. The lowest BCUT2D eigenvalue weighted by molar-refractivity contribution is -0.137. The molecule has 1 heterocycles. The van der Waals surface area contributed by atoms with Crippen LogP contribution in [0.4, 0.5) is 0 Å². The Morgan fingerprint density at radius 3 is 2.28 bits per heavy atom. The zero-order valence-electron chi connectivity index (χ0n) is 21.1. The standard InChI is InChI=1S/C31H33NO4/c1-21(2)19-23-10-12-24(13-11-23)22(3)36-26-16-14-25(15-17-26)31(35)28-20-32(18-6-9-30(33)34)29-8-5-4-7-27(28)29/h4-5,7-8,10-17,20-22H,6,9,18-19H2,1-3H3,(H,33,34)/t22-/m0/s1. The highest BCUT2D eigenvalue weighted by Crippen LogP contribution is 2.27. The fourth-order valence-electron chi connectivity index (χ4n) is 4.52. The number of ether oxygens (including phenoxy) is 1. The van der Waals surface area contributed by atoms with Crippen molar-refractivity contribution in [3.05, 3.63) is 101 Å². The molecule has 0 fully saturated rings. The Morgan fingerprint density at radius 2 is 1.61 bits per heavy atom. The van der Waals surface area contributed by atoms with Gasteiger partial charge in [-0.25, -0.2) is 0 Å². The normalized spacial score (nSPS) is 12.1. The maximum atomic E-state index is 13.4. The number of carboxylic acids is 1. The van der Waals surface area contributed by atoms with Crippen LogP contribution in [0, 0.1) is 5.92 Å². The molecule has 1 aromatic heterocycles. The summed E-state index contributed by atoms with van der Waals surface area (Å²) >= 11 is 0. The van der Waals surface area contributed by atoms with Crippen molar-refractivity contribution in [3.63, 3.8) is 0 Å². The van der Waals surface area contributed by atoms with Crippen LogP contribution in [0.3, 0.4) is 0 Å². The van der Waals surface area contributed by atoms with Gasteiger partial charge in [-0.1, -0.05) is 56.3 Å². The van der Waals surface area contributed by atoms with E-state index in [0.29, 0.717) is 35.8 Å². The van der Waals surface area contributed by atoms with E-state index in [0.717, 1.165) is 22.9 Å². The highest BCUT2D eigenvalue weighted by atomic mass is 16.5. The fraction of sp³-hybridized carbons (Fsp3) is 0.290. The van der Waals surface area contributed by atoms with Gasteiger partial charge in [-0.05, 0) is 67.1 Å². The number of aliphatic carboxylic acids is 1. The van der Waals surface area contributed by atoms with Crippen LogP contribution in [0.2, 0.25) is 0 Å². The first-order valence-corrected chi connectivity index (χ1v) is 12.5. The van der Waals surface area contributed by atoms with Crippen molar-refractivity contribution in [3.8, 4) is 5.75 Å². The molecule has 4 aromatic rings. The van der Waals surface area contributed by atoms with E-state index in [1.165, 1.54) is 5.56 Å².